The summed E-state index contributed by atoms with van der Waals surface area (Å²) >= 11 is 0. The zero-order valence-electron chi connectivity index (χ0n) is 16.2. The van der Waals surface area contributed by atoms with Gasteiger partial charge in [-0.25, -0.2) is 0 Å². The molecule has 0 N–H and O–H groups in total. The van der Waals surface area contributed by atoms with Crippen LogP contribution in [-0.2, 0) is 4.79 Å². The highest BCUT2D eigenvalue weighted by Crippen LogP contribution is 2.38. The zero-order valence-corrected chi connectivity index (χ0v) is 16.2. The first-order valence-electron chi connectivity index (χ1n) is 9.03. The molecule has 0 amide bonds. The first kappa shape index (κ1) is 18.1. The molecule has 0 saturated carbocycles. The SMILES string of the molecule is CC(=O)Oc1ccc2c(=O)c(-c3cc4c(cc3C)OCCO4)c(C)oc2c1C. The highest BCUT2D eigenvalue weighted by atomic mass is 16.6. The Morgan fingerprint density at radius 1 is 1.04 bits per heavy atom. The van der Waals surface area contributed by atoms with Crippen molar-refractivity contribution in [3.8, 4) is 28.4 Å². The molecule has 2 aromatic carbocycles. The van der Waals surface area contributed by atoms with Crippen molar-refractivity contribution in [1.82, 2.24) is 0 Å². The van der Waals surface area contributed by atoms with Crippen LogP contribution in [0.15, 0.2) is 33.5 Å². The molecule has 1 aromatic heterocycles. The fraction of sp³-hybridized carbons (Fsp3) is 0.273. The summed E-state index contributed by atoms with van der Waals surface area (Å²) in [5.41, 5.74) is 3.02. The molecule has 4 rings (SSSR count). The van der Waals surface area contributed by atoms with Crippen molar-refractivity contribution in [2.24, 2.45) is 0 Å². The maximum Gasteiger partial charge on any atom is 0.308 e. The Labute approximate surface area is 161 Å². The maximum atomic E-state index is 13.3. The molecule has 0 saturated heterocycles. The van der Waals surface area contributed by atoms with Crippen LogP contribution >= 0.6 is 0 Å². The van der Waals surface area contributed by atoms with Crippen LogP contribution in [0.2, 0.25) is 0 Å². The highest BCUT2D eigenvalue weighted by molar-refractivity contribution is 5.88. The van der Waals surface area contributed by atoms with Crippen LogP contribution in [0, 0.1) is 20.8 Å². The number of hydrogen-bond acceptors (Lipinski definition) is 6. The molecule has 6 heteroatoms. The van der Waals surface area contributed by atoms with E-state index in [0.717, 1.165) is 11.1 Å². The molecule has 0 spiro atoms. The molecule has 2 heterocycles. The third kappa shape index (κ3) is 2.91. The van der Waals surface area contributed by atoms with Gasteiger partial charge in [-0.2, -0.15) is 0 Å². The van der Waals surface area contributed by atoms with Crippen molar-refractivity contribution < 1.29 is 23.4 Å². The van der Waals surface area contributed by atoms with Crippen molar-refractivity contribution in [3.05, 3.63) is 51.4 Å². The van der Waals surface area contributed by atoms with Crippen molar-refractivity contribution in [1.29, 1.82) is 0 Å². The van der Waals surface area contributed by atoms with E-state index in [1.54, 1.807) is 26.0 Å². The Kier molecular flexibility index (Phi) is 4.34. The molecule has 0 atom stereocenters. The predicted octanol–water partition coefficient (Wildman–Crippen LogP) is 4.08. The minimum absolute atomic E-state index is 0.143. The number of ether oxygens (including phenoxy) is 3. The van der Waals surface area contributed by atoms with Crippen molar-refractivity contribution >= 4 is 16.9 Å². The number of hydrogen-bond donors (Lipinski definition) is 0. The van der Waals surface area contributed by atoms with E-state index in [1.165, 1.54) is 6.92 Å². The standard InChI is InChI=1S/C22H20O6/c1-11-9-18-19(26-8-7-25-18)10-16(11)20-13(3)27-22-12(2)17(28-14(4)23)6-5-15(22)21(20)24/h5-6,9-10H,7-8H2,1-4H3. The first-order valence-corrected chi connectivity index (χ1v) is 9.03. The van der Waals surface area contributed by atoms with E-state index in [0.29, 0.717) is 58.3 Å². The van der Waals surface area contributed by atoms with Crippen molar-refractivity contribution in [3.63, 3.8) is 0 Å². The van der Waals surface area contributed by atoms with Crippen LogP contribution in [-0.4, -0.2) is 19.2 Å². The van der Waals surface area contributed by atoms with E-state index in [4.69, 9.17) is 18.6 Å². The molecule has 3 aromatic rings. The maximum absolute atomic E-state index is 13.3. The topological polar surface area (TPSA) is 75.0 Å². The quantitative estimate of drug-likeness (QED) is 0.493. The Bertz CT molecular complexity index is 1170. The van der Waals surface area contributed by atoms with Crippen LogP contribution in [0.4, 0.5) is 0 Å². The molecule has 1 aliphatic heterocycles. The third-order valence-corrected chi connectivity index (χ3v) is 4.85. The average molecular weight is 380 g/mol. The van der Waals surface area contributed by atoms with Crippen LogP contribution in [0.25, 0.3) is 22.1 Å². The first-order chi connectivity index (χ1) is 13.4. The van der Waals surface area contributed by atoms with Crippen LogP contribution in [0.1, 0.15) is 23.8 Å². The molecule has 28 heavy (non-hydrogen) atoms. The second-order valence-electron chi connectivity index (χ2n) is 6.83. The minimum Gasteiger partial charge on any atom is -0.486 e. The summed E-state index contributed by atoms with van der Waals surface area (Å²) in [7, 11) is 0. The van der Waals surface area contributed by atoms with E-state index in [9.17, 15) is 9.59 Å². The predicted molar refractivity (Wildman–Crippen MR) is 104 cm³/mol. The molecular formula is C22H20O6. The molecule has 1 aliphatic rings. The third-order valence-electron chi connectivity index (χ3n) is 4.85. The number of esters is 1. The second kappa shape index (κ2) is 6.71. The Morgan fingerprint density at radius 2 is 1.71 bits per heavy atom. The lowest BCUT2D eigenvalue weighted by atomic mass is 9.97. The second-order valence-corrected chi connectivity index (χ2v) is 6.83. The molecule has 0 fully saturated rings. The Morgan fingerprint density at radius 3 is 2.39 bits per heavy atom. The van der Waals surface area contributed by atoms with Crippen LogP contribution < -0.4 is 19.6 Å². The zero-order chi connectivity index (χ0) is 20.0. The number of aryl methyl sites for hydroxylation is 3. The van der Waals surface area contributed by atoms with Gasteiger partial charge in [0.1, 0.15) is 30.3 Å². The van der Waals surface area contributed by atoms with E-state index < -0.39 is 5.97 Å². The monoisotopic (exact) mass is 380 g/mol. The van der Waals surface area contributed by atoms with E-state index >= 15 is 0 Å². The summed E-state index contributed by atoms with van der Waals surface area (Å²) in [6.45, 7) is 7.75. The lowest BCUT2D eigenvalue weighted by Gasteiger charge is -2.20. The van der Waals surface area contributed by atoms with Gasteiger partial charge >= 0.3 is 5.97 Å². The lowest BCUT2D eigenvalue weighted by molar-refractivity contribution is -0.131. The molecule has 0 aliphatic carbocycles. The van der Waals surface area contributed by atoms with E-state index in [-0.39, 0.29) is 5.43 Å². The fourth-order valence-corrected chi connectivity index (χ4v) is 3.52. The summed E-state index contributed by atoms with van der Waals surface area (Å²) in [6.07, 6.45) is 0. The Balaban J connectivity index is 1.94. The number of carbonyl (C=O) groups is 1. The molecule has 6 nitrogen and oxygen atoms in total. The molecule has 0 bridgehead atoms. The van der Waals surface area contributed by atoms with Gasteiger partial charge in [0.2, 0.25) is 5.43 Å². The summed E-state index contributed by atoms with van der Waals surface area (Å²) in [6, 6.07) is 6.95. The van der Waals surface area contributed by atoms with Gasteiger partial charge in [0, 0.05) is 12.5 Å². The molecular weight excluding hydrogens is 360 g/mol. The van der Waals surface area contributed by atoms with Gasteiger partial charge in [0.05, 0.1) is 10.9 Å². The summed E-state index contributed by atoms with van der Waals surface area (Å²) in [5.74, 6) is 1.74. The number of rotatable bonds is 2. The van der Waals surface area contributed by atoms with Gasteiger partial charge in [-0.1, -0.05) is 0 Å². The normalized spacial score (nSPS) is 12.9. The summed E-state index contributed by atoms with van der Waals surface area (Å²) in [4.78, 5) is 24.6. The lowest BCUT2D eigenvalue weighted by Crippen LogP contribution is -2.16. The number of fused-ring (bicyclic) bond motifs is 2. The minimum atomic E-state index is -0.426. The number of benzene rings is 2. The van der Waals surface area contributed by atoms with E-state index in [1.807, 2.05) is 19.1 Å². The van der Waals surface area contributed by atoms with Crippen LogP contribution in [0.5, 0.6) is 17.2 Å². The van der Waals surface area contributed by atoms with E-state index in [2.05, 4.69) is 0 Å². The fourth-order valence-electron chi connectivity index (χ4n) is 3.52. The van der Waals surface area contributed by atoms with Crippen LogP contribution in [0.3, 0.4) is 0 Å². The summed E-state index contributed by atoms with van der Waals surface area (Å²) in [5, 5.41) is 0.434. The van der Waals surface area contributed by atoms with Gasteiger partial charge in [-0.15, -0.1) is 0 Å². The molecule has 0 unspecified atom stereocenters. The smallest absolute Gasteiger partial charge is 0.308 e. The van der Waals surface area contributed by atoms with Gasteiger partial charge in [0.15, 0.2) is 11.5 Å². The summed E-state index contributed by atoms with van der Waals surface area (Å²) < 4.78 is 22.5. The highest BCUT2D eigenvalue weighted by Gasteiger charge is 2.21. The Hall–Kier alpha value is -3.28. The van der Waals surface area contributed by atoms with Gasteiger partial charge in [-0.3, -0.25) is 9.59 Å². The average Bonchev–Trinajstić information content (AvgIpc) is 2.64. The van der Waals surface area contributed by atoms with Gasteiger partial charge in [-0.05, 0) is 56.2 Å². The van der Waals surface area contributed by atoms with Crippen molar-refractivity contribution in [2.45, 2.75) is 27.7 Å². The van der Waals surface area contributed by atoms with Crippen molar-refractivity contribution in [2.75, 3.05) is 13.2 Å². The van der Waals surface area contributed by atoms with Gasteiger partial charge < -0.3 is 18.6 Å². The molecule has 144 valence electrons. The number of carbonyl (C=O) groups excluding carboxylic acids is 1. The van der Waals surface area contributed by atoms with Gasteiger partial charge in [0.25, 0.3) is 0 Å². The molecule has 0 radical (unpaired) electrons. The largest absolute Gasteiger partial charge is 0.486 e.